The third kappa shape index (κ3) is 3.43. The van der Waals surface area contributed by atoms with Crippen molar-refractivity contribution in [3.63, 3.8) is 0 Å². The van der Waals surface area contributed by atoms with E-state index in [9.17, 15) is 0 Å². The number of furan rings is 1. The van der Waals surface area contributed by atoms with Crippen LogP contribution in [0.4, 0.5) is 0 Å². The fourth-order valence-electron chi connectivity index (χ4n) is 2.77. The van der Waals surface area contributed by atoms with E-state index in [0.29, 0.717) is 11.7 Å². The molecule has 0 saturated carbocycles. The summed E-state index contributed by atoms with van der Waals surface area (Å²) in [6.07, 6.45) is 1.70. The second-order valence-electron chi connectivity index (χ2n) is 5.87. The second kappa shape index (κ2) is 6.70. The Morgan fingerprint density at radius 3 is 2.72 bits per heavy atom. The molecule has 25 heavy (non-hydrogen) atoms. The summed E-state index contributed by atoms with van der Waals surface area (Å²) in [6, 6.07) is 17.7. The first-order valence-electron chi connectivity index (χ1n) is 8.06. The molecule has 3 aromatic rings. The average Bonchev–Trinajstić information content (AvgIpc) is 3.23. The van der Waals surface area contributed by atoms with Gasteiger partial charge in [-0.1, -0.05) is 41.9 Å². The lowest BCUT2D eigenvalue weighted by Gasteiger charge is -2.20. The van der Waals surface area contributed by atoms with Crippen LogP contribution < -0.4 is 5.43 Å². The van der Waals surface area contributed by atoms with Gasteiger partial charge in [0.25, 0.3) is 0 Å². The Hall–Kier alpha value is -2.63. The lowest BCUT2D eigenvalue weighted by Crippen LogP contribution is -2.39. The van der Waals surface area contributed by atoms with Gasteiger partial charge in [0, 0.05) is 18.3 Å². The van der Waals surface area contributed by atoms with Crippen molar-refractivity contribution in [1.82, 2.24) is 15.4 Å². The summed E-state index contributed by atoms with van der Waals surface area (Å²) in [6.45, 7) is 2.70. The first-order valence-corrected chi connectivity index (χ1v) is 8.44. The molecule has 0 spiro atoms. The maximum absolute atomic E-state index is 5.97. The third-order valence-corrected chi connectivity index (χ3v) is 4.26. The lowest BCUT2D eigenvalue weighted by molar-refractivity contribution is 0.192. The zero-order chi connectivity index (χ0) is 17.2. The summed E-state index contributed by atoms with van der Waals surface area (Å²) in [5.41, 5.74) is 5.43. The van der Waals surface area contributed by atoms with E-state index in [0.717, 1.165) is 28.5 Å². The van der Waals surface area contributed by atoms with Crippen LogP contribution in [0.15, 0.2) is 70.2 Å². The Bertz CT molecular complexity index is 907. The van der Waals surface area contributed by atoms with Crippen molar-refractivity contribution in [3.05, 3.63) is 77.3 Å². The van der Waals surface area contributed by atoms with E-state index < -0.39 is 0 Å². The molecule has 0 bridgehead atoms. The van der Waals surface area contributed by atoms with Crippen molar-refractivity contribution in [2.45, 2.75) is 19.6 Å². The van der Waals surface area contributed by atoms with Crippen LogP contribution in [-0.2, 0) is 6.54 Å². The van der Waals surface area contributed by atoms with E-state index in [1.807, 2.05) is 66.5 Å². The Morgan fingerprint density at radius 1 is 1.12 bits per heavy atom. The number of amidine groups is 1. The maximum Gasteiger partial charge on any atom is 0.181 e. The van der Waals surface area contributed by atoms with Gasteiger partial charge in [-0.3, -0.25) is 5.43 Å². The summed E-state index contributed by atoms with van der Waals surface area (Å²) in [5.74, 6) is 2.28. The van der Waals surface area contributed by atoms with Crippen molar-refractivity contribution < 1.29 is 4.42 Å². The minimum absolute atomic E-state index is 0.00721. The molecule has 1 aliphatic heterocycles. The van der Waals surface area contributed by atoms with Gasteiger partial charge in [0.2, 0.25) is 0 Å². The van der Waals surface area contributed by atoms with E-state index in [4.69, 9.17) is 16.0 Å². The zero-order valence-corrected chi connectivity index (χ0v) is 14.4. The molecule has 3 heterocycles. The Balaban J connectivity index is 1.49. The Labute approximate surface area is 150 Å². The van der Waals surface area contributed by atoms with E-state index in [1.165, 1.54) is 0 Å². The number of hydrogen-bond acceptors (Lipinski definition) is 5. The predicted molar refractivity (Wildman–Crippen MR) is 98.1 cm³/mol. The minimum atomic E-state index is -0.00721. The fourth-order valence-corrected chi connectivity index (χ4v) is 2.96. The molecule has 0 aliphatic carbocycles. The molecule has 5 nitrogen and oxygen atoms in total. The molecule has 0 radical (unpaired) electrons. The van der Waals surface area contributed by atoms with Crippen LogP contribution in [-0.4, -0.2) is 22.0 Å². The van der Waals surface area contributed by atoms with Crippen molar-refractivity contribution in [3.8, 4) is 11.3 Å². The van der Waals surface area contributed by atoms with E-state index >= 15 is 0 Å². The van der Waals surface area contributed by atoms with Gasteiger partial charge in [-0.25, -0.2) is 9.98 Å². The van der Waals surface area contributed by atoms with Crippen molar-refractivity contribution in [1.29, 1.82) is 0 Å². The Kier molecular flexibility index (Phi) is 4.26. The molecule has 1 aromatic carbocycles. The number of halogens is 1. The average molecular weight is 353 g/mol. The van der Waals surface area contributed by atoms with E-state index in [1.54, 1.807) is 6.20 Å². The van der Waals surface area contributed by atoms with Gasteiger partial charge in [-0.15, -0.1) is 0 Å². The smallest absolute Gasteiger partial charge is 0.181 e. The van der Waals surface area contributed by atoms with Crippen LogP contribution >= 0.6 is 11.6 Å². The highest BCUT2D eigenvalue weighted by Gasteiger charge is 2.25. The van der Waals surface area contributed by atoms with E-state index in [-0.39, 0.29) is 6.17 Å². The van der Waals surface area contributed by atoms with Gasteiger partial charge in [0.15, 0.2) is 11.6 Å². The standard InChI is InChI=1S/C19H17ClN4O/c1-13-22-19(23-24(13)12-14-9-10-21-18(20)11-14)17-8-7-16(25-17)15-5-3-2-4-6-15/h2-11,13H,12H2,1H3,(H,22,23). The Morgan fingerprint density at radius 2 is 1.92 bits per heavy atom. The van der Waals surface area contributed by atoms with Gasteiger partial charge in [0.05, 0.1) is 0 Å². The largest absolute Gasteiger partial charge is 0.453 e. The van der Waals surface area contributed by atoms with Crippen LogP contribution in [0, 0.1) is 0 Å². The first kappa shape index (κ1) is 15.9. The molecule has 0 amide bonds. The second-order valence-corrected chi connectivity index (χ2v) is 6.25. The number of pyridine rings is 1. The number of aromatic nitrogens is 1. The SMILES string of the molecule is CC1N=C(c2ccc(-c3ccccc3)o2)NN1Cc1ccnc(Cl)c1. The number of aliphatic imine (C=N–C) groups is 1. The van der Waals surface area contributed by atoms with Gasteiger partial charge < -0.3 is 4.42 Å². The maximum atomic E-state index is 5.97. The number of nitrogens with zero attached hydrogens (tertiary/aromatic N) is 3. The molecular weight excluding hydrogens is 336 g/mol. The number of rotatable bonds is 4. The normalized spacial score (nSPS) is 17.4. The summed E-state index contributed by atoms with van der Waals surface area (Å²) in [4.78, 5) is 8.67. The highest BCUT2D eigenvalue weighted by Crippen LogP contribution is 2.23. The first-order chi connectivity index (χ1) is 12.2. The highest BCUT2D eigenvalue weighted by atomic mass is 35.5. The topological polar surface area (TPSA) is 53.7 Å². The molecule has 126 valence electrons. The van der Waals surface area contributed by atoms with Crippen LogP contribution in [0.2, 0.25) is 5.15 Å². The predicted octanol–water partition coefficient (Wildman–Crippen LogP) is 4.11. The van der Waals surface area contributed by atoms with Crippen LogP contribution in [0.25, 0.3) is 11.3 Å². The summed E-state index contributed by atoms with van der Waals surface area (Å²) >= 11 is 5.96. The van der Waals surface area contributed by atoms with Crippen LogP contribution in [0.3, 0.4) is 0 Å². The number of hydrazine groups is 1. The molecule has 1 aliphatic rings. The van der Waals surface area contributed by atoms with Crippen LogP contribution in [0.5, 0.6) is 0 Å². The van der Waals surface area contributed by atoms with Crippen molar-refractivity contribution in [2.75, 3.05) is 0 Å². The molecule has 1 unspecified atom stereocenters. The fraction of sp³-hybridized carbons (Fsp3) is 0.158. The van der Waals surface area contributed by atoms with E-state index in [2.05, 4.69) is 15.4 Å². The van der Waals surface area contributed by atoms with Crippen molar-refractivity contribution >= 4 is 17.4 Å². The quantitative estimate of drug-likeness (QED) is 0.718. The van der Waals surface area contributed by atoms with Crippen LogP contribution in [0.1, 0.15) is 18.2 Å². The molecule has 2 aromatic heterocycles. The summed E-state index contributed by atoms with van der Waals surface area (Å²) in [7, 11) is 0. The molecule has 4 rings (SSSR count). The molecule has 0 fully saturated rings. The summed E-state index contributed by atoms with van der Waals surface area (Å²) in [5, 5.41) is 2.52. The molecule has 6 heteroatoms. The monoisotopic (exact) mass is 352 g/mol. The third-order valence-electron chi connectivity index (χ3n) is 4.06. The van der Waals surface area contributed by atoms with Crippen molar-refractivity contribution in [2.24, 2.45) is 4.99 Å². The molecule has 1 N–H and O–H groups in total. The molecular formula is C19H17ClN4O. The summed E-state index contributed by atoms with van der Waals surface area (Å²) < 4.78 is 5.97. The molecule has 0 saturated heterocycles. The zero-order valence-electron chi connectivity index (χ0n) is 13.7. The lowest BCUT2D eigenvalue weighted by atomic mass is 10.2. The molecule has 1 atom stereocenters. The minimum Gasteiger partial charge on any atom is -0.453 e. The number of benzene rings is 1. The van der Waals surface area contributed by atoms with Gasteiger partial charge in [-0.2, -0.15) is 5.01 Å². The number of nitrogens with one attached hydrogen (secondary N) is 1. The number of hydrogen-bond donors (Lipinski definition) is 1. The highest BCUT2D eigenvalue weighted by molar-refractivity contribution is 6.29. The van der Waals surface area contributed by atoms with Gasteiger partial charge in [-0.05, 0) is 36.8 Å². The van der Waals surface area contributed by atoms with Gasteiger partial charge >= 0.3 is 0 Å². The van der Waals surface area contributed by atoms with Gasteiger partial charge in [0.1, 0.15) is 17.1 Å².